The minimum Gasteiger partial charge on any atom is -0.493 e. The molecule has 6 nitrogen and oxygen atoms in total. The summed E-state index contributed by atoms with van der Waals surface area (Å²) in [6.07, 6.45) is 1.72. The second kappa shape index (κ2) is 10.3. The van der Waals surface area contributed by atoms with E-state index < -0.39 is 5.91 Å². The highest BCUT2D eigenvalue weighted by atomic mass is 35.5. The first kappa shape index (κ1) is 23.8. The van der Waals surface area contributed by atoms with Gasteiger partial charge in [-0.2, -0.15) is 0 Å². The second-order valence-electron chi connectivity index (χ2n) is 7.22. The lowest BCUT2D eigenvalue weighted by Crippen LogP contribution is -2.30. The molecular weight excluding hydrogens is 492 g/mol. The quantitative estimate of drug-likeness (QED) is 0.337. The highest BCUT2D eigenvalue weighted by Crippen LogP contribution is 2.38. The van der Waals surface area contributed by atoms with E-state index >= 15 is 0 Å². The summed E-state index contributed by atoms with van der Waals surface area (Å²) in [5.74, 6) is 0.132. The number of amides is 2. The van der Waals surface area contributed by atoms with Crippen LogP contribution in [0.2, 0.25) is 5.02 Å². The number of nitrogens with zero attached hydrogens (tertiary/aromatic N) is 1. The summed E-state index contributed by atoms with van der Waals surface area (Å²) in [5, 5.41) is 0.661. The number of nitrogens with two attached hydrogens (primary N) is 1. The number of hydrogen-bond acceptors (Lipinski definition) is 6. The number of anilines is 1. The van der Waals surface area contributed by atoms with Gasteiger partial charge < -0.3 is 15.2 Å². The molecule has 1 aliphatic heterocycles. The molecule has 3 aromatic rings. The summed E-state index contributed by atoms with van der Waals surface area (Å²) in [4.78, 5) is 26.7. The van der Waals surface area contributed by atoms with Crippen LogP contribution in [0.3, 0.4) is 0 Å². The molecule has 172 valence electrons. The number of hydrogen-bond donors (Lipinski definition) is 1. The van der Waals surface area contributed by atoms with E-state index in [0.717, 1.165) is 22.9 Å². The van der Waals surface area contributed by atoms with Crippen molar-refractivity contribution in [3.05, 3.63) is 93.3 Å². The molecule has 4 rings (SSSR count). The molecule has 0 bridgehead atoms. The molecule has 0 atom stereocenters. The molecule has 1 aliphatic rings. The van der Waals surface area contributed by atoms with E-state index in [1.54, 1.807) is 61.7 Å². The number of carbonyl (C=O) groups is 2. The lowest BCUT2D eigenvalue weighted by molar-refractivity contribution is -0.113. The molecule has 1 saturated heterocycles. The maximum absolute atomic E-state index is 13.1. The monoisotopic (exact) mass is 510 g/mol. The fraction of sp³-hybridized carbons (Fsp3) is 0.0800. The van der Waals surface area contributed by atoms with Gasteiger partial charge in [-0.15, -0.1) is 0 Å². The number of benzene rings is 3. The van der Waals surface area contributed by atoms with Crippen LogP contribution >= 0.6 is 35.6 Å². The third-order valence-electron chi connectivity index (χ3n) is 5.00. The number of rotatable bonds is 7. The van der Waals surface area contributed by atoms with Crippen molar-refractivity contribution >= 4 is 63.5 Å². The molecule has 0 unspecified atom stereocenters. The van der Waals surface area contributed by atoms with Crippen molar-refractivity contribution in [1.82, 2.24) is 0 Å². The summed E-state index contributed by atoms with van der Waals surface area (Å²) >= 11 is 12.5. The Morgan fingerprint density at radius 2 is 1.85 bits per heavy atom. The van der Waals surface area contributed by atoms with Crippen LogP contribution in [0.5, 0.6) is 11.5 Å². The van der Waals surface area contributed by atoms with Gasteiger partial charge in [0.2, 0.25) is 0 Å². The smallest absolute Gasteiger partial charge is 0.270 e. The maximum atomic E-state index is 13.1. The van der Waals surface area contributed by atoms with Crippen LogP contribution < -0.4 is 20.1 Å². The number of thiocarbonyl (C=S) groups is 1. The summed E-state index contributed by atoms with van der Waals surface area (Å²) in [7, 11) is 1.55. The number of methoxy groups -OCH3 is 1. The summed E-state index contributed by atoms with van der Waals surface area (Å²) in [6, 6.07) is 19.4. The average Bonchev–Trinajstić information content (AvgIpc) is 3.11. The zero-order chi connectivity index (χ0) is 24.2. The Balaban J connectivity index is 1.56. The van der Waals surface area contributed by atoms with Crippen molar-refractivity contribution < 1.29 is 19.1 Å². The molecular formula is C25H19ClN2O4S2. The van der Waals surface area contributed by atoms with Crippen molar-refractivity contribution in [2.45, 2.75) is 6.61 Å². The van der Waals surface area contributed by atoms with Gasteiger partial charge in [-0.1, -0.05) is 65.9 Å². The van der Waals surface area contributed by atoms with Gasteiger partial charge in [0, 0.05) is 5.02 Å². The molecule has 0 spiro atoms. The van der Waals surface area contributed by atoms with Crippen LogP contribution in [0.25, 0.3) is 6.08 Å². The van der Waals surface area contributed by atoms with Crippen LogP contribution in [0, 0.1) is 0 Å². The van der Waals surface area contributed by atoms with Gasteiger partial charge in [-0.3, -0.25) is 14.5 Å². The van der Waals surface area contributed by atoms with Crippen LogP contribution in [0.15, 0.2) is 71.6 Å². The minimum atomic E-state index is -0.632. The first-order chi connectivity index (χ1) is 16.4. The maximum Gasteiger partial charge on any atom is 0.270 e. The zero-order valence-electron chi connectivity index (χ0n) is 18.0. The largest absolute Gasteiger partial charge is 0.493 e. The van der Waals surface area contributed by atoms with Gasteiger partial charge in [0.1, 0.15) is 6.61 Å². The van der Waals surface area contributed by atoms with Crippen molar-refractivity contribution in [3.8, 4) is 11.5 Å². The van der Waals surface area contributed by atoms with E-state index in [1.165, 1.54) is 4.90 Å². The third kappa shape index (κ3) is 5.09. The predicted molar refractivity (Wildman–Crippen MR) is 139 cm³/mol. The number of halogens is 1. The van der Waals surface area contributed by atoms with Crippen LogP contribution in [-0.4, -0.2) is 23.2 Å². The number of para-hydroxylation sites is 1. The van der Waals surface area contributed by atoms with Crippen LogP contribution in [0.4, 0.5) is 5.69 Å². The van der Waals surface area contributed by atoms with Crippen LogP contribution in [-0.2, 0) is 11.4 Å². The Kier molecular flexibility index (Phi) is 7.21. The minimum absolute atomic E-state index is 0.226. The topological polar surface area (TPSA) is 81.9 Å². The van der Waals surface area contributed by atoms with Gasteiger partial charge in [0.25, 0.3) is 11.8 Å². The van der Waals surface area contributed by atoms with Gasteiger partial charge in [0.05, 0.1) is 23.3 Å². The molecule has 0 aliphatic carbocycles. The number of thioether (sulfide) groups is 1. The number of ether oxygens (including phenoxy) is 2. The average molecular weight is 511 g/mol. The summed E-state index contributed by atoms with van der Waals surface area (Å²) in [6.45, 7) is 0.352. The predicted octanol–water partition coefficient (Wildman–Crippen LogP) is 5.43. The van der Waals surface area contributed by atoms with E-state index in [2.05, 4.69) is 0 Å². The van der Waals surface area contributed by atoms with Gasteiger partial charge in [-0.05, 0) is 53.6 Å². The molecule has 2 N–H and O–H groups in total. The Morgan fingerprint density at radius 3 is 2.56 bits per heavy atom. The fourth-order valence-electron chi connectivity index (χ4n) is 3.34. The molecule has 34 heavy (non-hydrogen) atoms. The first-order valence-electron chi connectivity index (χ1n) is 10.1. The van der Waals surface area contributed by atoms with Gasteiger partial charge in [-0.25, -0.2) is 0 Å². The van der Waals surface area contributed by atoms with Crippen LogP contribution in [0.1, 0.15) is 21.5 Å². The van der Waals surface area contributed by atoms with E-state index in [0.29, 0.717) is 38.0 Å². The summed E-state index contributed by atoms with van der Waals surface area (Å²) < 4.78 is 11.7. The van der Waals surface area contributed by atoms with E-state index in [-0.39, 0.29) is 11.5 Å². The van der Waals surface area contributed by atoms with Crippen molar-refractivity contribution in [2.75, 3.05) is 12.0 Å². The van der Waals surface area contributed by atoms with Crippen molar-refractivity contribution in [2.24, 2.45) is 5.73 Å². The van der Waals surface area contributed by atoms with Crippen molar-refractivity contribution in [1.29, 1.82) is 0 Å². The lowest BCUT2D eigenvalue weighted by atomic mass is 10.1. The normalized spacial score (nSPS) is 14.5. The number of primary amides is 1. The Bertz CT molecular complexity index is 1310. The van der Waals surface area contributed by atoms with Gasteiger partial charge >= 0.3 is 0 Å². The molecule has 1 heterocycles. The standard InChI is InChI=1S/C25H19ClN2O4S2/c1-31-21-12-16(8-11-20(21)32-14-15-6-9-17(26)10-7-15)13-22-24(30)28(25(33)34-22)19-5-3-2-4-18(19)23(27)29/h2-13H,14H2,1H3,(H2,27,29)/b22-13-. The fourth-order valence-corrected chi connectivity index (χ4v) is 4.75. The Hall–Kier alpha value is -3.33. The Labute approximate surface area is 211 Å². The molecule has 1 fully saturated rings. The molecule has 0 radical (unpaired) electrons. The summed E-state index contributed by atoms with van der Waals surface area (Å²) in [5.41, 5.74) is 7.77. The first-order valence-corrected chi connectivity index (χ1v) is 11.7. The lowest BCUT2D eigenvalue weighted by Gasteiger charge is -2.17. The molecule has 9 heteroatoms. The Morgan fingerprint density at radius 1 is 1.12 bits per heavy atom. The number of carbonyl (C=O) groups excluding carboxylic acids is 2. The molecule has 3 aromatic carbocycles. The van der Waals surface area contributed by atoms with E-state index in [1.807, 2.05) is 18.2 Å². The van der Waals surface area contributed by atoms with Gasteiger partial charge in [0.15, 0.2) is 15.8 Å². The molecule has 2 amide bonds. The molecule has 0 saturated carbocycles. The van der Waals surface area contributed by atoms with E-state index in [4.69, 9.17) is 39.0 Å². The highest BCUT2D eigenvalue weighted by molar-refractivity contribution is 8.27. The second-order valence-corrected chi connectivity index (χ2v) is 9.34. The SMILES string of the molecule is COc1cc(/C=C2\SC(=S)N(c3ccccc3C(N)=O)C2=O)ccc1OCc1ccc(Cl)cc1. The molecule has 0 aromatic heterocycles. The third-order valence-corrected chi connectivity index (χ3v) is 6.55. The van der Waals surface area contributed by atoms with Crippen molar-refractivity contribution in [3.63, 3.8) is 0 Å². The zero-order valence-corrected chi connectivity index (χ0v) is 20.4. The van der Waals surface area contributed by atoms with E-state index in [9.17, 15) is 9.59 Å². The highest BCUT2D eigenvalue weighted by Gasteiger charge is 2.35.